The van der Waals surface area contributed by atoms with E-state index in [2.05, 4.69) is 37.6 Å². The molecule has 4 rings (SSSR count). The lowest BCUT2D eigenvalue weighted by atomic mass is 10.1. The Kier molecular flexibility index (Phi) is 5.17. The molecule has 1 aliphatic carbocycles. The van der Waals surface area contributed by atoms with Crippen molar-refractivity contribution in [3.63, 3.8) is 0 Å². The van der Waals surface area contributed by atoms with Crippen LogP contribution in [-0.2, 0) is 30.9 Å². The van der Waals surface area contributed by atoms with Crippen LogP contribution in [0.3, 0.4) is 0 Å². The summed E-state index contributed by atoms with van der Waals surface area (Å²) < 4.78 is 13.5. The highest BCUT2D eigenvalue weighted by molar-refractivity contribution is 5.25. The third-order valence-corrected chi connectivity index (χ3v) is 5.31. The molecule has 3 heterocycles. The fourth-order valence-electron chi connectivity index (χ4n) is 3.51. The minimum absolute atomic E-state index is 0.380. The highest BCUT2D eigenvalue weighted by Gasteiger charge is 2.26. The number of nitrogens with zero attached hydrogens (tertiary/aromatic N) is 5. The van der Waals surface area contributed by atoms with E-state index < -0.39 is 0 Å². The molecule has 1 atom stereocenters. The fraction of sp³-hybridized carbons (Fsp3) is 0.632. The predicted molar refractivity (Wildman–Crippen MR) is 96.8 cm³/mol. The molecule has 0 spiro atoms. The third kappa shape index (κ3) is 3.88. The van der Waals surface area contributed by atoms with Gasteiger partial charge < -0.3 is 14.0 Å². The molecule has 7 nitrogen and oxygen atoms in total. The molecule has 0 radical (unpaired) electrons. The molecular formula is C19H27N5O2. The molecule has 0 aromatic carbocycles. The van der Waals surface area contributed by atoms with Gasteiger partial charge in [-0.15, -0.1) is 10.2 Å². The van der Waals surface area contributed by atoms with Crippen molar-refractivity contribution in [2.75, 3.05) is 20.3 Å². The van der Waals surface area contributed by atoms with Crippen molar-refractivity contribution in [2.45, 2.75) is 51.9 Å². The molecule has 0 saturated heterocycles. The summed E-state index contributed by atoms with van der Waals surface area (Å²) >= 11 is 0. The van der Waals surface area contributed by atoms with Crippen LogP contribution in [0.25, 0.3) is 0 Å². The number of aromatic nitrogens is 4. The van der Waals surface area contributed by atoms with Gasteiger partial charge in [0, 0.05) is 50.5 Å². The van der Waals surface area contributed by atoms with Crippen LogP contribution in [0.2, 0.25) is 0 Å². The number of ether oxygens (including phenoxy) is 2. The molecule has 2 aromatic rings. The van der Waals surface area contributed by atoms with E-state index in [0.717, 1.165) is 55.8 Å². The van der Waals surface area contributed by atoms with Gasteiger partial charge in [-0.1, -0.05) is 6.07 Å². The second-order valence-corrected chi connectivity index (χ2v) is 7.34. The highest BCUT2D eigenvalue weighted by Crippen LogP contribution is 2.29. The largest absolute Gasteiger partial charge is 0.481 e. The summed E-state index contributed by atoms with van der Waals surface area (Å²) in [7, 11) is 1.67. The fourth-order valence-corrected chi connectivity index (χ4v) is 3.51. The summed E-state index contributed by atoms with van der Waals surface area (Å²) in [5, 5.41) is 8.79. The second-order valence-electron chi connectivity index (χ2n) is 7.34. The molecule has 1 saturated carbocycles. The van der Waals surface area contributed by atoms with Crippen LogP contribution in [0.5, 0.6) is 5.88 Å². The number of fused-ring (bicyclic) bond motifs is 1. The zero-order valence-electron chi connectivity index (χ0n) is 15.6. The lowest BCUT2D eigenvalue weighted by Gasteiger charge is -2.26. The summed E-state index contributed by atoms with van der Waals surface area (Å²) in [5.74, 6) is 3.49. The van der Waals surface area contributed by atoms with Crippen molar-refractivity contribution in [1.82, 2.24) is 24.6 Å². The summed E-state index contributed by atoms with van der Waals surface area (Å²) in [6, 6.07) is 4.43. The van der Waals surface area contributed by atoms with E-state index in [-0.39, 0.29) is 0 Å². The zero-order chi connectivity index (χ0) is 17.9. The second kappa shape index (κ2) is 7.72. The van der Waals surface area contributed by atoms with Gasteiger partial charge in [-0.25, -0.2) is 4.98 Å². The maximum Gasteiger partial charge on any atom is 0.217 e. The van der Waals surface area contributed by atoms with E-state index in [1.165, 1.54) is 12.8 Å². The molecule has 140 valence electrons. The first-order valence-electron chi connectivity index (χ1n) is 9.45. The van der Waals surface area contributed by atoms with Gasteiger partial charge in [0.05, 0.1) is 7.11 Å². The van der Waals surface area contributed by atoms with Crippen molar-refractivity contribution in [3.05, 3.63) is 35.5 Å². The third-order valence-electron chi connectivity index (χ3n) is 5.31. The first-order chi connectivity index (χ1) is 12.7. The molecule has 0 amide bonds. The predicted octanol–water partition coefficient (Wildman–Crippen LogP) is 2.06. The smallest absolute Gasteiger partial charge is 0.217 e. The van der Waals surface area contributed by atoms with Crippen molar-refractivity contribution in [3.8, 4) is 5.88 Å². The Labute approximate surface area is 154 Å². The quantitative estimate of drug-likeness (QED) is 0.756. The Morgan fingerprint density at radius 1 is 1.23 bits per heavy atom. The van der Waals surface area contributed by atoms with Crippen molar-refractivity contribution in [2.24, 2.45) is 5.92 Å². The van der Waals surface area contributed by atoms with Gasteiger partial charge in [-0.3, -0.25) is 4.90 Å². The topological polar surface area (TPSA) is 65.3 Å². The summed E-state index contributed by atoms with van der Waals surface area (Å²) in [6.45, 7) is 6.32. The van der Waals surface area contributed by atoms with Crippen molar-refractivity contribution >= 4 is 0 Å². The number of rotatable bonds is 7. The number of hydrogen-bond acceptors (Lipinski definition) is 6. The van der Waals surface area contributed by atoms with Crippen LogP contribution in [0, 0.1) is 5.92 Å². The van der Waals surface area contributed by atoms with E-state index in [4.69, 9.17) is 9.47 Å². The van der Waals surface area contributed by atoms with E-state index in [1.807, 2.05) is 6.07 Å². The van der Waals surface area contributed by atoms with E-state index in [9.17, 15) is 0 Å². The van der Waals surface area contributed by atoms with E-state index >= 15 is 0 Å². The molecule has 7 heteroatoms. The summed E-state index contributed by atoms with van der Waals surface area (Å²) in [4.78, 5) is 6.78. The van der Waals surface area contributed by atoms with Crippen LogP contribution in [-0.4, -0.2) is 51.0 Å². The summed E-state index contributed by atoms with van der Waals surface area (Å²) in [6.07, 6.45) is 5.27. The molecule has 2 aromatic heterocycles. The number of hydrogen-bond donors (Lipinski definition) is 0. The molecule has 0 N–H and O–H groups in total. The average Bonchev–Trinajstić information content (AvgIpc) is 3.42. The Hall–Kier alpha value is -1.99. The van der Waals surface area contributed by atoms with Gasteiger partial charge >= 0.3 is 0 Å². The molecule has 0 bridgehead atoms. The summed E-state index contributed by atoms with van der Waals surface area (Å²) in [5.41, 5.74) is 1.12. The van der Waals surface area contributed by atoms with Gasteiger partial charge in [-0.05, 0) is 31.7 Å². The molecule has 1 aliphatic heterocycles. The van der Waals surface area contributed by atoms with Crippen LogP contribution in [0.4, 0.5) is 0 Å². The standard InChI is InChI=1S/C19H27N5O2/c1-14-10-17-21-22-18(13-26-12-15-5-6-15)24(17)9-8-23(14)11-16-4-3-7-20-19(16)25-2/h3-4,7,14-15H,5-6,8-13H2,1-2H3/t14-/m1/s1. The molecule has 1 fully saturated rings. The van der Waals surface area contributed by atoms with Crippen LogP contribution in [0.15, 0.2) is 18.3 Å². The van der Waals surface area contributed by atoms with E-state index in [1.54, 1.807) is 13.3 Å². The van der Waals surface area contributed by atoms with Crippen LogP contribution in [0.1, 0.15) is 37.0 Å². The first kappa shape index (κ1) is 17.4. The minimum Gasteiger partial charge on any atom is -0.481 e. The number of pyridine rings is 1. The Morgan fingerprint density at radius 2 is 2.12 bits per heavy atom. The lowest BCUT2D eigenvalue weighted by Crippen LogP contribution is -2.34. The zero-order valence-corrected chi connectivity index (χ0v) is 15.6. The molecule has 0 unspecified atom stereocenters. The Balaban J connectivity index is 1.42. The first-order valence-corrected chi connectivity index (χ1v) is 9.45. The monoisotopic (exact) mass is 357 g/mol. The maximum absolute atomic E-state index is 5.83. The molecule has 26 heavy (non-hydrogen) atoms. The van der Waals surface area contributed by atoms with Crippen LogP contribution < -0.4 is 4.74 Å². The maximum atomic E-state index is 5.83. The van der Waals surface area contributed by atoms with Crippen LogP contribution >= 0.6 is 0 Å². The van der Waals surface area contributed by atoms with Crippen molar-refractivity contribution in [1.29, 1.82) is 0 Å². The van der Waals surface area contributed by atoms with Gasteiger partial charge in [0.1, 0.15) is 12.4 Å². The van der Waals surface area contributed by atoms with E-state index in [0.29, 0.717) is 18.5 Å². The van der Waals surface area contributed by atoms with Gasteiger partial charge in [0.2, 0.25) is 5.88 Å². The average molecular weight is 357 g/mol. The Morgan fingerprint density at radius 3 is 2.92 bits per heavy atom. The lowest BCUT2D eigenvalue weighted by molar-refractivity contribution is 0.103. The Bertz CT molecular complexity index is 743. The normalized spacial score (nSPS) is 20.6. The SMILES string of the molecule is COc1ncccc1CN1CCn2c(COCC3CC3)nnc2C[C@H]1C. The van der Waals surface area contributed by atoms with Crippen molar-refractivity contribution < 1.29 is 9.47 Å². The van der Waals surface area contributed by atoms with Gasteiger partial charge in [0.25, 0.3) is 0 Å². The molecular weight excluding hydrogens is 330 g/mol. The highest BCUT2D eigenvalue weighted by atomic mass is 16.5. The van der Waals surface area contributed by atoms with Gasteiger partial charge in [0.15, 0.2) is 5.82 Å². The van der Waals surface area contributed by atoms with Gasteiger partial charge in [-0.2, -0.15) is 0 Å². The molecule has 2 aliphatic rings. The minimum atomic E-state index is 0.380. The number of methoxy groups -OCH3 is 1.